The zero-order chi connectivity index (χ0) is 28.5. The Bertz CT molecular complexity index is 1250. The summed E-state index contributed by atoms with van der Waals surface area (Å²) in [4.78, 5) is 33.6. The molecule has 214 valence electrons. The lowest BCUT2D eigenvalue weighted by Gasteiger charge is -2.35. The van der Waals surface area contributed by atoms with Gasteiger partial charge >= 0.3 is 6.03 Å². The van der Waals surface area contributed by atoms with Crippen molar-refractivity contribution >= 4 is 17.6 Å². The van der Waals surface area contributed by atoms with Gasteiger partial charge in [0.05, 0.1) is 37.3 Å². The third-order valence-electron chi connectivity index (χ3n) is 6.89. The molecule has 1 aromatic carbocycles. The van der Waals surface area contributed by atoms with E-state index < -0.39 is 6.10 Å². The summed E-state index contributed by atoms with van der Waals surface area (Å²) < 4.78 is 13.8. The highest BCUT2D eigenvalue weighted by Crippen LogP contribution is 2.23. The molecule has 3 atom stereocenters. The van der Waals surface area contributed by atoms with Gasteiger partial charge in [0.15, 0.2) is 0 Å². The van der Waals surface area contributed by atoms with E-state index in [9.17, 15) is 14.7 Å². The molecule has 0 bridgehead atoms. The van der Waals surface area contributed by atoms with Gasteiger partial charge in [0.1, 0.15) is 5.75 Å². The number of rotatable bonds is 7. The van der Waals surface area contributed by atoms with Gasteiger partial charge in [-0.1, -0.05) is 24.3 Å². The lowest BCUT2D eigenvalue weighted by molar-refractivity contribution is -0.136. The van der Waals surface area contributed by atoms with Crippen LogP contribution < -0.4 is 10.1 Å². The number of ether oxygens (including phenoxy) is 2. The monoisotopic (exact) mass is 551 g/mol. The summed E-state index contributed by atoms with van der Waals surface area (Å²) >= 11 is 0. The van der Waals surface area contributed by atoms with E-state index in [1.54, 1.807) is 70.3 Å². The van der Waals surface area contributed by atoms with Gasteiger partial charge in [0.25, 0.3) is 0 Å². The van der Waals surface area contributed by atoms with Gasteiger partial charge in [0.2, 0.25) is 11.8 Å². The first-order valence-corrected chi connectivity index (χ1v) is 13.4. The number of likely N-dealkylation sites (N-methyl/N-ethyl adjacent to an activating group) is 1. The van der Waals surface area contributed by atoms with E-state index in [2.05, 4.69) is 20.6 Å². The minimum Gasteiger partial charge on any atom is -0.439 e. The highest BCUT2D eigenvalue weighted by molar-refractivity contribution is 5.89. The van der Waals surface area contributed by atoms with Crippen LogP contribution in [0.1, 0.15) is 32.4 Å². The van der Waals surface area contributed by atoms with Crippen molar-refractivity contribution in [3.8, 4) is 11.6 Å². The van der Waals surface area contributed by atoms with Crippen LogP contribution >= 0.6 is 0 Å². The minimum atomic E-state index is -0.404. The zero-order valence-electron chi connectivity index (χ0n) is 23.1. The maximum Gasteiger partial charge on any atom is 0.321 e. The highest BCUT2D eigenvalue weighted by atomic mass is 16.5. The quantitative estimate of drug-likeness (QED) is 0.457. The summed E-state index contributed by atoms with van der Waals surface area (Å²) in [5.74, 6) is 0.833. The summed E-state index contributed by atoms with van der Waals surface area (Å²) in [6, 6.07) is 11.8. The minimum absolute atomic E-state index is 0.0340. The first-order valence-electron chi connectivity index (χ1n) is 13.4. The fourth-order valence-corrected chi connectivity index (χ4v) is 4.48. The second-order valence-corrected chi connectivity index (χ2v) is 10.1. The van der Waals surface area contributed by atoms with E-state index in [1.165, 1.54) is 0 Å². The summed E-state index contributed by atoms with van der Waals surface area (Å²) in [6.07, 6.45) is 3.85. The largest absolute Gasteiger partial charge is 0.439 e. The molecule has 1 aliphatic heterocycles. The smallest absolute Gasteiger partial charge is 0.321 e. The van der Waals surface area contributed by atoms with Crippen molar-refractivity contribution in [2.75, 3.05) is 32.1 Å². The number of nitrogens with one attached hydrogen (secondary N) is 1. The number of hydrogen-bond donors (Lipinski definition) is 2. The van der Waals surface area contributed by atoms with Crippen molar-refractivity contribution < 1.29 is 24.2 Å². The van der Waals surface area contributed by atoms with Crippen LogP contribution in [0.25, 0.3) is 0 Å². The molecular weight excluding hydrogens is 514 g/mol. The number of carbonyl (C=O) groups is 2. The van der Waals surface area contributed by atoms with Crippen LogP contribution in [-0.4, -0.2) is 85.7 Å². The number of amides is 3. The normalized spacial score (nSPS) is 19.1. The van der Waals surface area contributed by atoms with E-state index >= 15 is 0 Å². The molecular formula is C28H37N7O5. The van der Waals surface area contributed by atoms with Crippen molar-refractivity contribution in [1.82, 2.24) is 29.8 Å². The number of carbonyl (C=O) groups excluding carboxylic acids is 2. The lowest BCUT2D eigenvalue weighted by atomic mass is 10.0. The molecule has 1 aliphatic rings. The first kappa shape index (κ1) is 29.0. The molecule has 0 spiro atoms. The number of fused-ring (bicyclic) bond motifs is 1. The fraction of sp³-hybridized carbons (Fsp3) is 0.464. The van der Waals surface area contributed by atoms with Crippen LogP contribution in [0.4, 0.5) is 10.5 Å². The first-order chi connectivity index (χ1) is 19.3. The molecule has 12 nitrogen and oxygen atoms in total. The van der Waals surface area contributed by atoms with Crippen molar-refractivity contribution in [2.24, 2.45) is 5.92 Å². The lowest BCUT2D eigenvalue weighted by Crippen LogP contribution is -2.48. The van der Waals surface area contributed by atoms with Gasteiger partial charge in [-0.25, -0.2) is 14.5 Å². The number of benzene rings is 1. The van der Waals surface area contributed by atoms with Crippen LogP contribution in [0.2, 0.25) is 0 Å². The molecule has 0 unspecified atom stereocenters. The van der Waals surface area contributed by atoms with Gasteiger partial charge in [0, 0.05) is 63.0 Å². The van der Waals surface area contributed by atoms with Gasteiger partial charge in [-0.2, -0.15) is 0 Å². The summed E-state index contributed by atoms with van der Waals surface area (Å²) in [5.41, 5.74) is 1.38. The molecule has 4 rings (SSSR count). The van der Waals surface area contributed by atoms with Crippen LogP contribution in [0.3, 0.4) is 0 Å². The third kappa shape index (κ3) is 7.76. The van der Waals surface area contributed by atoms with Crippen molar-refractivity contribution in [3.63, 3.8) is 0 Å². The summed E-state index contributed by atoms with van der Waals surface area (Å²) in [5, 5.41) is 20.8. The number of nitrogens with zero attached hydrogens (tertiary/aromatic N) is 6. The van der Waals surface area contributed by atoms with Gasteiger partial charge in [-0.05, 0) is 31.5 Å². The van der Waals surface area contributed by atoms with E-state index in [4.69, 9.17) is 9.47 Å². The van der Waals surface area contributed by atoms with Crippen LogP contribution in [0.5, 0.6) is 11.6 Å². The maximum absolute atomic E-state index is 13.2. The Labute approximate surface area is 233 Å². The molecule has 3 amide bonds. The summed E-state index contributed by atoms with van der Waals surface area (Å²) in [6.45, 7) is 5.15. The molecule has 2 aromatic heterocycles. The topological polar surface area (TPSA) is 135 Å². The van der Waals surface area contributed by atoms with Crippen LogP contribution in [0.15, 0.2) is 54.9 Å². The number of aryl methyl sites for hydroxylation is 1. The van der Waals surface area contributed by atoms with E-state index in [0.29, 0.717) is 43.2 Å². The molecule has 0 aliphatic carbocycles. The van der Waals surface area contributed by atoms with Gasteiger partial charge in [-0.3, -0.25) is 4.79 Å². The molecule has 3 aromatic rings. The van der Waals surface area contributed by atoms with Crippen molar-refractivity contribution in [2.45, 2.75) is 52.0 Å². The second kappa shape index (κ2) is 13.9. The molecule has 12 heteroatoms. The molecule has 0 saturated carbocycles. The molecule has 2 N–H and O–H groups in total. The average molecular weight is 552 g/mol. The Morgan fingerprint density at radius 2 is 2.15 bits per heavy atom. The Balaban J connectivity index is 1.45. The summed E-state index contributed by atoms with van der Waals surface area (Å²) in [7, 11) is 1.70. The average Bonchev–Trinajstić information content (AvgIpc) is 3.40. The predicted octanol–water partition coefficient (Wildman–Crippen LogP) is 3.15. The van der Waals surface area contributed by atoms with Crippen molar-refractivity contribution in [3.05, 3.63) is 60.6 Å². The number of aliphatic hydroxyl groups is 1. The number of urea groups is 1. The standard InChI is InChI=1S/C28H37N7O5/c1-20-16-34(21(2)18-36)27(37)11-7-13-35-23(15-30-32-35)19-39-25(20)17-33(3)28(38)31-22-8-6-9-24(14-22)40-26-10-4-5-12-29-26/h4-6,8-10,12,14-15,20-21,25,36H,7,11,13,16-19H2,1-3H3,(H,31,38)/t20-,21+,25-/m1/s1. The molecule has 3 heterocycles. The molecule has 0 saturated heterocycles. The zero-order valence-corrected chi connectivity index (χ0v) is 23.1. The highest BCUT2D eigenvalue weighted by Gasteiger charge is 2.29. The molecule has 40 heavy (non-hydrogen) atoms. The second-order valence-electron chi connectivity index (χ2n) is 10.1. The number of pyridine rings is 1. The molecule has 0 fully saturated rings. The number of anilines is 1. The Hall–Kier alpha value is -4.03. The van der Waals surface area contributed by atoms with Crippen LogP contribution in [0, 0.1) is 5.92 Å². The number of aliphatic hydroxyl groups excluding tert-OH is 1. The van der Waals surface area contributed by atoms with Crippen molar-refractivity contribution in [1.29, 1.82) is 0 Å². The Kier molecular flexibility index (Phi) is 10.0. The number of aromatic nitrogens is 4. The fourth-order valence-electron chi connectivity index (χ4n) is 4.48. The Morgan fingerprint density at radius 1 is 1.30 bits per heavy atom. The van der Waals surface area contributed by atoms with Crippen LogP contribution in [-0.2, 0) is 22.7 Å². The van der Waals surface area contributed by atoms with E-state index in [-0.39, 0.29) is 43.7 Å². The molecule has 0 radical (unpaired) electrons. The van der Waals surface area contributed by atoms with E-state index in [1.807, 2.05) is 19.9 Å². The third-order valence-corrected chi connectivity index (χ3v) is 6.89. The van der Waals surface area contributed by atoms with E-state index in [0.717, 1.165) is 5.69 Å². The predicted molar refractivity (Wildman–Crippen MR) is 148 cm³/mol. The van der Waals surface area contributed by atoms with Gasteiger partial charge < -0.3 is 29.7 Å². The Morgan fingerprint density at radius 3 is 2.92 bits per heavy atom. The van der Waals surface area contributed by atoms with Gasteiger partial charge in [-0.15, -0.1) is 5.10 Å². The SMILES string of the molecule is C[C@@H]1CN([C@@H](C)CO)C(=O)CCCn2nncc2CO[C@@H]1CN(C)C(=O)Nc1cccc(Oc2ccccn2)c1. The maximum atomic E-state index is 13.2. The number of hydrogen-bond acceptors (Lipinski definition) is 8.